The number of hydrogen-bond acceptors (Lipinski definition) is 5. The van der Waals surface area contributed by atoms with E-state index in [1.54, 1.807) is 6.92 Å². The molecule has 134 valence electrons. The molecule has 2 N–H and O–H groups in total. The SMILES string of the molecule is CCC(C)(NC(=O)c1cc(S(=O)(=O)N2CCCC2)c(C)o1)C(=O)O. The number of carboxylic acid groups (broad SMARTS) is 1. The molecule has 1 saturated heterocycles. The van der Waals surface area contributed by atoms with E-state index in [4.69, 9.17) is 4.42 Å². The zero-order valence-corrected chi connectivity index (χ0v) is 14.8. The van der Waals surface area contributed by atoms with Gasteiger partial charge in [-0.05, 0) is 33.1 Å². The molecule has 0 saturated carbocycles. The van der Waals surface area contributed by atoms with Crippen LogP contribution in [-0.4, -0.2) is 48.3 Å². The van der Waals surface area contributed by atoms with Gasteiger partial charge in [0.2, 0.25) is 10.0 Å². The summed E-state index contributed by atoms with van der Waals surface area (Å²) in [5, 5.41) is 11.6. The van der Waals surface area contributed by atoms with E-state index in [0.29, 0.717) is 13.1 Å². The smallest absolute Gasteiger partial charge is 0.329 e. The van der Waals surface area contributed by atoms with Crippen LogP contribution in [0.25, 0.3) is 0 Å². The molecule has 9 heteroatoms. The van der Waals surface area contributed by atoms with Gasteiger partial charge in [-0.2, -0.15) is 4.31 Å². The first-order chi connectivity index (χ1) is 11.1. The van der Waals surface area contributed by atoms with Gasteiger partial charge in [-0.3, -0.25) is 4.79 Å². The normalized spacial score (nSPS) is 18.3. The number of nitrogens with one attached hydrogen (secondary N) is 1. The molecular formula is C15H22N2O6S. The Bertz CT molecular complexity index is 748. The zero-order chi connectivity index (χ0) is 18.1. The van der Waals surface area contributed by atoms with Crippen LogP contribution in [0.5, 0.6) is 0 Å². The molecule has 1 unspecified atom stereocenters. The summed E-state index contributed by atoms with van der Waals surface area (Å²) in [6.45, 7) is 5.37. The lowest BCUT2D eigenvalue weighted by molar-refractivity contribution is -0.143. The number of carbonyl (C=O) groups excluding carboxylic acids is 1. The second-order valence-electron chi connectivity index (χ2n) is 6.09. The Morgan fingerprint density at radius 1 is 1.38 bits per heavy atom. The number of carbonyl (C=O) groups is 2. The van der Waals surface area contributed by atoms with E-state index in [1.807, 2.05) is 0 Å². The van der Waals surface area contributed by atoms with Gasteiger partial charge in [0.1, 0.15) is 16.2 Å². The fraction of sp³-hybridized carbons (Fsp3) is 0.600. The fourth-order valence-electron chi connectivity index (χ4n) is 2.51. The third-order valence-corrected chi connectivity index (χ3v) is 6.35. The molecule has 1 aliphatic heterocycles. The monoisotopic (exact) mass is 358 g/mol. The van der Waals surface area contributed by atoms with Gasteiger partial charge in [0.25, 0.3) is 5.91 Å². The highest BCUT2D eigenvalue weighted by Crippen LogP contribution is 2.26. The highest BCUT2D eigenvalue weighted by molar-refractivity contribution is 7.89. The number of amides is 1. The maximum absolute atomic E-state index is 12.6. The van der Waals surface area contributed by atoms with Crippen molar-refractivity contribution in [3.63, 3.8) is 0 Å². The standard InChI is InChI=1S/C15H22N2O6S/c1-4-15(3,14(19)20)16-13(18)11-9-12(10(2)23-11)24(21,22)17-7-5-6-8-17/h9H,4-8H2,1-3H3,(H,16,18)(H,19,20). The van der Waals surface area contributed by atoms with Gasteiger partial charge in [-0.1, -0.05) is 6.92 Å². The lowest BCUT2D eigenvalue weighted by Gasteiger charge is -2.23. The summed E-state index contributed by atoms with van der Waals surface area (Å²) in [5.74, 6) is -2.04. The van der Waals surface area contributed by atoms with Crippen LogP contribution >= 0.6 is 0 Å². The minimum Gasteiger partial charge on any atom is -0.480 e. The van der Waals surface area contributed by atoms with Crippen LogP contribution in [0.4, 0.5) is 0 Å². The van der Waals surface area contributed by atoms with Crippen molar-refractivity contribution in [2.75, 3.05) is 13.1 Å². The van der Waals surface area contributed by atoms with Crippen molar-refractivity contribution in [2.24, 2.45) is 0 Å². The van der Waals surface area contributed by atoms with Crippen molar-refractivity contribution in [3.05, 3.63) is 17.6 Å². The minimum absolute atomic E-state index is 0.0527. The van der Waals surface area contributed by atoms with Crippen LogP contribution in [0.1, 0.15) is 49.4 Å². The van der Waals surface area contributed by atoms with Crippen LogP contribution in [0.3, 0.4) is 0 Å². The molecular weight excluding hydrogens is 336 g/mol. The van der Waals surface area contributed by atoms with Crippen molar-refractivity contribution >= 4 is 21.9 Å². The van der Waals surface area contributed by atoms with Crippen LogP contribution < -0.4 is 5.32 Å². The number of aryl methyl sites for hydroxylation is 1. The average molecular weight is 358 g/mol. The first-order valence-corrected chi connectivity index (χ1v) is 9.22. The van der Waals surface area contributed by atoms with E-state index in [9.17, 15) is 23.1 Å². The van der Waals surface area contributed by atoms with Gasteiger partial charge in [0, 0.05) is 19.2 Å². The van der Waals surface area contributed by atoms with Crippen LogP contribution in [0.2, 0.25) is 0 Å². The number of rotatable bonds is 6. The molecule has 0 aliphatic carbocycles. The molecule has 1 fully saturated rings. The maximum Gasteiger partial charge on any atom is 0.329 e. The molecule has 1 aliphatic rings. The van der Waals surface area contributed by atoms with Gasteiger partial charge in [0.05, 0.1) is 0 Å². The predicted molar refractivity (Wildman–Crippen MR) is 85.2 cm³/mol. The Hall–Kier alpha value is -1.87. The van der Waals surface area contributed by atoms with E-state index in [-0.39, 0.29) is 22.8 Å². The second kappa shape index (κ2) is 6.56. The van der Waals surface area contributed by atoms with Gasteiger partial charge < -0.3 is 14.8 Å². The molecule has 1 amide bonds. The third kappa shape index (κ3) is 3.32. The molecule has 0 bridgehead atoms. The molecule has 1 aromatic rings. The Balaban J connectivity index is 2.28. The highest BCUT2D eigenvalue weighted by Gasteiger charge is 2.36. The lowest BCUT2D eigenvalue weighted by Crippen LogP contribution is -2.51. The number of hydrogen-bond donors (Lipinski definition) is 2. The van der Waals surface area contributed by atoms with E-state index in [2.05, 4.69) is 5.32 Å². The Labute approximate surface area is 140 Å². The molecule has 0 aromatic carbocycles. The Kier molecular flexibility index (Phi) is 5.05. The molecule has 1 atom stereocenters. The Morgan fingerprint density at radius 3 is 2.46 bits per heavy atom. The van der Waals surface area contributed by atoms with Gasteiger partial charge in [0.15, 0.2) is 5.76 Å². The van der Waals surface area contributed by atoms with Crippen LogP contribution in [-0.2, 0) is 14.8 Å². The summed E-state index contributed by atoms with van der Waals surface area (Å²) in [6, 6.07) is 1.16. The third-order valence-electron chi connectivity index (χ3n) is 4.35. The highest BCUT2D eigenvalue weighted by atomic mass is 32.2. The fourth-order valence-corrected chi connectivity index (χ4v) is 4.18. The number of furan rings is 1. The maximum atomic E-state index is 12.6. The average Bonchev–Trinajstić information content (AvgIpc) is 3.16. The lowest BCUT2D eigenvalue weighted by atomic mass is 9.99. The molecule has 8 nitrogen and oxygen atoms in total. The van der Waals surface area contributed by atoms with Gasteiger partial charge in [-0.15, -0.1) is 0 Å². The number of nitrogens with zero attached hydrogens (tertiary/aromatic N) is 1. The summed E-state index contributed by atoms with van der Waals surface area (Å²) >= 11 is 0. The second-order valence-corrected chi connectivity index (χ2v) is 7.99. The van der Waals surface area contributed by atoms with Gasteiger partial charge >= 0.3 is 5.97 Å². The van der Waals surface area contributed by atoms with E-state index >= 15 is 0 Å². The Morgan fingerprint density at radius 2 is 1.96 bits per heavy atom. The van der Waals surface area contributed by atoms with E-state index in [1.165, 1.54) is 18.2 Å². The molecule has 24 heavy (non-hydrogen) atoms. The van der Waals surface area contributed by atoms with Crippen molar-refractivity contribution in [2.45, 2.75) is 50.5 Å². The summed E-state index contributed by atoms with van der Waals surface area (Å²) < 4.78 is 31.8. The van der Waals surface area contributed by atoms with Crippen LogP contribution in [0.15, 0.2) is 15.4 Å². The molecule has 0 spiro atoms. The summed E-state index contributed by atoms with van der Waals surface area (Å²) in [4.78, 5) is 23.5. The summed E-state index contributed by atoms with van der Waals surface area (Å²) in [7, 11) is -3.70. The van der Waals surface area contributed by atoms with Crippen molar-refractivity contribution in [1.82, 2.24) is 9.62 Å². The largest absolute Gasteiger partial charge is 0.480 e. The van der Waals surface area contributed by atoms with Crippen molar-refractivity contribution < 1.29 is 27.5 Å². The van der Waals surface area contributed by atoms with E-state index < -0.39 is 27.4 Å². The topological polar surface area (TPSA) is 117 Å². The summed E-state index contributed by atoms with van der Waals surface area (Å²) in [6.07, 6.45) is 1.78. The molecule has 2 rings (SSSR count). The first kappa shape index (κ1) is 18.5. The number of aliphatic carboxylic acids is 1. The summed E-state index contributed by atoms with van der Waals surface area (Å²) in [5.41, 5.74) is -1.45. The number of sulfonamides is 1. The van der Waals surface area contributed by atoms with Gasteiger partial charge in [-0.25, -0.2) is 13.2 Å². The molecule has 2 heterocycles. The quantitative estimate of drug-likeness (QED) is 0.793. The number of carboxylic acids is 1. The van der Waals surface area contributed by atoms with Crippen molar-refractivity contribution in [3.8, 4) is 0 Å². The minimum atomic E-state index is -3.70. The van der Waals surface area contributed by atoms with Crippen LogP contribution in [0, 0.1) is 6.92 Å². The predicted octanol–water partition coefficient (Wildman–Crippen LogP) is 1.36. The van der Waals surface area contributed by atoms with E-state index in [0.717, 1.165) is 18.9 Å². The zero-order valence-electron chi connectivity index (χ0n) is 14.0. The van der Waals surface area contributed by atoms with Crippen molar-refractivity contribution in [1.29, 1.82) is 0 Å². The molecule has 1 aromatic heterocycles. The first-order valence-electron chi connectivity index (χ1n) is 7.78. The molecule has 0 radical (unpaired) electrons.